The molecule has 0 amide bonds. The van der Waals surface area contributed by atoms with Gasteiger partial charge in [0.05, 0.1) is 33.1 Å². The van der Waals surface area contributed by atoms with Crippen LogP contribution >= 0.6 is 11.3 Å². The van der Waals surface area contributed by atoms with E-state index < -0.39 is 8.07 Å². The van der Waals surface area contributed by atoms with Gasteiger partial charge < -0.3 is 13.7 Å². The fourth-order valence-corrected chi connectivity index (χ4v) is 18.4. The maximum atomic E-state index is 2.52. The SMILES string of the molecule is c1ccc([Si](c2ccccc2)(c2cccc(-n3c4ccccc4c4ccccc43)c2)c2cccc3c2c2ccccc2n3-c2ccc3c(c2)c2ccccc2n3-c2ccc3sc4ccccc4c3c2)cc1. The predicted molar refractivity (Wildman–Crippen MR) is 306 cm³/mol. The standard InChI is InChI=1S/C66H43N3SSi/c1-3-20-47(21-4-1)71(48-22-5-2-6-23-48,49-24-17-19-44(41-49)67-57-30-12-7-25-50(57)51-26-8-13-31-58(51)67)65-36-18-34-62-66(65)54-29-10-15-33-60(54)69(62)45-37-39-61-55(42-45)52-27-9-14-32-59(52)68(61)46-38-40-64-56(43-46)53-28-11-16-35-63(53)70-64/h1-43H. The number of rotatable bonds is 7. The van der Waals surface area contributed by atoms with Crippen molar-refractivity contribution in [3.8, 4) is 17.1 Å². The van der Waals surface area contributed by atoms with Gasteiger partial charge in [-0.25, -0.2) is 0 Å². The molecule has 0 saturated heterocycles. The summed E-state index contributed by atoms with van der Waals surface area (Å²) < 4.78 is 10.1. The summed E-state index contributed by atoms with van der Waals surface area (Å²) in [6.07, 6.45) is 0. The van der Waals surface area contributed by atoms with E-state index in [-0.39, 0.29) is 0 Å². The Kier molecular flexibility index (Phi) is 8.85. The van der Waals surface area contributed by atoms with Gasteiger partial charge in [0.2, 0.25) is 0 Å². The summed E-state index contributed by atoms with van der Waals surface area (Å²) in [6, 6.07) is 97.8. The third kappa shape index (κ3) is 5.82. The number of nitrogens with zero attached hydrogens (tertiary/aromatic N) is 3. The Morgan fingerprint density at radius 3 is 1.32 bits per heavy atom. The number of benzene rings is 11. The molecule has 0 aliphatic rings. The number of hydrogen-bond acceptors (Lipinski definition) is 1. The highest BCUT2D eigenvalue weighted by Gasteiger charge is 2.43. The zero-order valence-corrected chi connectivity index (χ0v) is 40.4. The second-order valence-electron chi connectivity index (χ2n) is 18.8. The van der Waals surface area contributed by atoms with E-state index >= 15 is 0 Å². The Labute approximate surface area is 415 Å². The second-order valence-corrected chi connectivity index (χ2v) is 23.6. The minimum absolute atomic E-state index is 1.14. The summed E-state index contributed by atoms with van der Waals surface area (Å²) in [4.78, 5) is 0. The number of hydrogen-bond donors (Lipinski definition) is 0. The van der Waals surface area contributed by atoms with Crippen LogP contribution in [0, 0.1) is 0 Å². The van der Waals surface area contributed by atoms with Crippen LogP contribution < -0.4 is 20.7 Å². The zero-order valence-electron chi connectivity index (χ0n) is 38.6. The highest BCUT2D eigenvalue weighted by atomic mass is 32.1. The summed E-state index contributed by atoms with van der Waals surface area (Å²) in [5, 5.41) is 15.5. The molecule has 3 nitrogen and oxygen atoms in total. The molecule has 71 heavy (non-hydrogen) atoms. The minimum Gasteiger partial charge on any atom is -0.309 e. The van der Waals surface area contributed by atoms with E-state index in [0.717, 1.165) is 11.4 Å². The van der Waals surface area contributed by atoms with Crippen molar-refractivity contribution < 1.29 is 0 Å². The van der Waals surface area contributed by atoms with Crippen molar-refractivity contribution in [2.75, 3.05) is 0 Å². The molecule has 0 radical (unpaired) electrons. The van der Waals surface area contributed by atoms with E-state index in [1.54, 1.807) is 0 Å². The van der Waals surface area contributed by atoms with E-state index in [1.165, 1.54) is 112 Å². The molecule has 0 bridgehead atoms. The molecule has 0 fully saturated rings. The molecular formula is C66H43N3SSi. The Morgan fingerprint density at radius 1 is 0.254 bits per heavy atom. The fourth-order valence-electron chi connectivity index (χ4n) is 12.3. The smallest absolute Gasteiger partial charge is 0.180 e. The molecule has 0 unspecified atom stereocenters. The van der Waals surface area contributed by atoms with Gasteiger partial charge in [0.25, 0.3) is 0 Å². The predicted octanol–water partition coefficient (Wildman–Crippen LogP) is 14.7. The van der Waals surface area contributed by atoms with Crippen molar-refractivity contribution in [2.24, 2.45) is 0 Å². The molecule has 0 N–H and O–H groups in total. The minimum atomic E-state index is -3.12. The van der Waals surface area contributed by atoms with Crippen LogP contribution in [0.25, 0.3) is 103 Å². The van der Waals surface area contributed by atoms with Gasteiger partial charge in [0.1, 0.15) is 0 Å². The van der Waals surface area contributed by atoms with Crippen LogP contribution in [-0.2, 0) is 0 Å². The lowest BCUT2D eigenvalue weighted by Crippen LogP contribution is -2.74. The van der Waals surface area contributed by atoms with Crippen molar-refractivity contribution in [1.82, 2.24) is 13.7 Å². The maximum Gasteiger partial charge on any atom is 0.180 e. The van der Waals surface area contributed by atoms with Gasteiger partial charge in [-0.15, -0.1) is 11.3 Å². The van der Waals surface area contributed by atoms with Crippen molar-refractivity contribution >= 4 is 126 Å². The van der Waals surface area contributed by atoms with Crippen LogP contribution in [0.15, 0.2) is 261 Å². The van der Waals surface area contributed by atoms with Crippen molar-refractivity contribution in [3.05, 3.63) is 261 Å². The van der Waals surface area contributed by atoms with E-state index in [1.807, 2.05) is 11.3 Å². The Hall–Kier alpha value is -8.74. The zero-order chi connectivity index (χ0) is 46.6. The van der Waals surface area contributed by atoms with Crippen LogP contribution in [0.3, 0.4) is 0 Å². The molecule has 332 valence electrons. The van der Waals surface area contributed by atoms with Gasteiger partial charge in [-0.1, -0.05) is 176 Å². The lowest BCUT2D eigenvalue weighted by Gasteiger charge is -2.35. The molecule has 0 saturated carbocycles. The van der Waals surface area contributed by atoms with Crippen LogP contribution in [0.5, 0.6) is 0 Å². The van der Waals surface area contributed by atoms with E-state index in [9.17, 15) is 0 Å². The molecule has 4 aromatic heterocycles. The first-order chi connectivity index (χ1) is 35.2. The van der Waals surface area contributed by atoms with Crippen LogP contribution in [0.4, 0.5) is 0 Å². The number of aromatic nitrogens is 3. The van der Waals surface area contributed by atoms with Crippen molar-refractivity contribution in [3.63, 3.8) is 0 Å². The average molecular weight is 938 g/mol. The van der Waals surface area contributed by atoms with Crippen molar-refractivity contribution in [1.29, 1.82) is 0 Å². The van der Waals surface area contributed by atoms with Crippen molar-refractivity contribution in [2.45, 2.75) is 0 Å². The Balaban J connectivity index is 0.994. The summed E-state index contributed by atoms with van der Waals surface area (Å²) >= 11 is 1.87. The number of para-hydroxylation sites is 4. The highest BCUT2D eigenvalue weighted by molar-refractivity contribution is 7.25. The maximum absolute atomic E-state index is 3.12. The van der Waals surface area contributed by atoms with Gasteiger partial charge in [-0.3, -0.25) is 0 Å². The Morgan fingerprint density at radius 2 is 0.676 bits per heavy atom. The van der Waals surface area contributed by atoms with Crippen LogP contribution in [0.1, 0.15) is 0 Å². The first-order valence-electron chi connectivity index (χ1n) is 24.4. The van der Waals surface area contributed by atoms with Gasteiger partial charge in [0, 0.05) is 69.6 Å². The lowest BCUT2D eigenvalue weighted by molar-refractivity contribution is 1.17. The average Bonchev–Trinajstić information content (AvgIpc) is 4.18. The molecule has 5 heteroatoms. The molecule has 11 aromatic carbocycles. The topological polar surface area (TPSA) is 14.8 Å². The second kappa shape index (κ2) is 15.6. The van der Waals surface area contributed by atoms with Gasteiger partial charge in [-0.05, 0) is 106 Å². The molecule has 0 aliphatic carbocycles. The Bertz CT molecular complexity index is 4500. The number of thiophene rings is 1. The third-order valence-electron chi connectivity index (χ3n) is 15.2. The van der Waals surface area contributed by atoms with E-state index in [4.69, 9.17) is 0 Å². The van der Waals surface area contributed by atoms with Gasteiger partial charge in [0.15, 0.2) is 8.07 Å². The molecule has 0 aliphatic heterocycles. The van der Waals surface area contributed by atoms with Gasteiger partial charge in [-0.2, -0.15) is 0 Å². The van der Waals surface area contributed by atoms with E-state index in [2.05, 4.69) is 275 Å². The fraction of sp³-hybridized carbons (Fsp3) is 0. The first-order valence-corrected chi connectivity index (χ1v) is 27.2. The van der Waals surface area contributed by atoms with Crippen LogP contribution in [-0.4, -0.2) is 21.8 Å². The lowest BCUT2D eigenvalue weighted by atomic mass is 10.1. The quantitative estimate of drug-likeness (QED) is 0.112. The summed E-state index contributed by atoms with van der Waals surface area (Å²) in [5.74, 6) is 0. The first kappa shape index (κ1) is 40.2. The van der Waals surface area contributed by atoms with Crippen LogP contribution in [0.2, 0.25) is 0 Å². The van der Waals surface area contributed by atoms with E-state index in [0.29, 0.717) is 0 Å². The number of fused-ring (bicyclic) bond motifs is 12. The summed E-state index contributed by atoms with van der Waals surface area (Å²) in [5.41, 5.74) is 10.7. The van der Waals surface area contributed by atoms with Gasteiger partial charge >= 0.3 is 0 Å². The summed E-state index contributed by atoms with van der Waals surface area (Å²) in [7, 11) is -3.12. The largest absolute Gasteiger partial charge is 0.309 e. The molecular weight excluding hydrogens is 895 g/mol. The monoisotopic (exact) mass is 937 g/mol. The third-order valence-corrected chi connectivity index (χ3v) is 21.1. The highest BCUT2D eigenvalue weighted by Crippen LogP contribution is 2.40. The summed E-state index contributed by atoms with van der Waals surface area (Å²) in [6.45, 7) is 0. The molecule has 4 heterocycles. The molecule has 0 atom stereocenters. The molecule has 15 rings (SSSR count). The normalized spacial score (nSPS) is 12.2. The molecule has 0 spiro atoms. The molecule has 15 aromatic rings.